The van der Waals surface area contributed by atoms with Gasteiger partial charge < -0.3 is 0 Å². The molecule has 1 heteroatoms. The Labute approximate surface area is 125 Å². The molecule has 21 heavy (non-hydrogen) atoms. The van der Waals surface area contributed by atoms with Crippen molar-refractivity contribution < 1.29 is 0 Å². The quantitative estimate of drug-likeness (QED) is 0.664. The van der Waals surface area contributed by atoms with Crippen molar-refractivity contribution in [2.45, 2.75) is 6.42 Å². The maximum absolute atomic E-state index is 9.29. The molecule has 0 N–H and O–H groups in total. The average molecular weight is 269 g/mol. The lowest BCUT2D eigenvalue weighted by molar-refractivity contribution is 1.25. The fraction of sp³-hybridized carbons (Fsp3) is 0.0500. The number of allylic oxidation sites excluding steroid dienone is 3. The van der Waals surface area contributed by atoms with Crippen molar-refractivity contribution in [1.82, 2.24) is 0 Å². The van der Waals surface area contributed by atoms with Crippen molar-refractivity contribution in [3.05, 3.63) is 95.1 Å². The van der Waals surface area contributed by atoms with E-state index in [-0.39, 0.29) is 0 Å². The summed E-state index contributed by atoms with van der Waals surface area (Å²) in [6, 6.07) is 24.6. The third kappa shape index (κ3) is 2.70. The third-order valence-electron chi connectivity index (χ3n) is 3.60. The normalized spacial score (nSPS) is 13.1. The maximum Gasteiger partial charge on any atom is 0.0957 e. The van der Waals surface area contributed by atoms with Gasteiger partial charge in [-0.2, -0.15) is 5.26 Å². The number of hydrogen-bond donors (Lipinski definition) is 0. The van der Waals surface area contributed by atoms with Gasteiger partial charge in [0.05, 0.1) is 6.07 Å². The molecule has 1 aromatic rings. The molecule has 0 bridgehead atoms. The summed E-state index contributed by atoms with van der Waals surface area (Å²) in [6.45, 7) is 0. The average Bonchev–Trinajstić information content (AvgIpc) is 3.05. The molecule has 0 saturated carbocycles. The van der Waals surface area contributed by atoms with Gasteiger partial charge in [-0.3, -0.25) is 0 Å². The van der Waals surface area contributed by atoms with Crippen molar-refractivity contribution in [3.63, 3.8) is 0 Å². The molecule has 100 valence electrons. The van der Waals surface area contributed by atoms with Crippen molar-refractivity contribution in [2.24, 2.45) is 0 Å². The summed E-state index contributed by atoms with van der Waals surface area (Å²) >= 11 is 0. The molecule has 0 radical (unpaired) electrons. The summed E-state index contributed by atoms with van der Waals surface area (Å²) in [4.78, 5) is 0. The van der Waals surface area contributed by atoms with Crippen molar-refractivity contribution in [2.75, 3.05) is 0 Å². The molecule has 2 aliphatic carbocycles. The highest BCUT2D eigenvalue weighted by Gasteiger charge is 2.23. The predicted molar refractivity (Wildman–Crippen MR) is 87.0 cm³/mol. The maximum atomic E-state index is 9.29. The van der Waals surface area contributed by atoms with Crippen LogP contribution in [0.15, 0.2) is 78.4 Å². The monoisotopic (exact) mass is 269 g/mol. The van der Waals surface area contributed by atoms with Crippen LogP contribution in [-0.4, -0.2) is 0 Å². The molecule has 0 atom stereocenters. The van der Waals surface area contributed by atoms with Crippen molar-refractivity contribution in [1.29, 1.82) is 5.26 Å². The molecule has 0 unspecified atom stereocenters. The molecule has 0 aliphatic heterocycles. The van der Waals surface area contributed by atoms with E-state index in [1.165, 1.54) is 16.7 Å². The lowest BCUT2D eigenvalue weighted by atomic mass is 10.1. The van der Waals surface area contributed by atoms with Crippen molar-refractivity contribution in [3.8, 4) is 6.07 Å². The van der Waals surface area contributed by atoms with E-state index in [9.17, 15) is 5.26 Å². The molecule has 0 amide bonds. The lowest BCUT2D eigenvalue weighted by Gasteiger charge is -1.96. The number of nitrogens with zero attached hydrogens (tertiary/aromatic N) is 1. The van der Waals surface area contributed by atoms with Gasteiger partial charge in [-0.15, -0.1) is 0 Å². The van der Waals surface area contributed by atoms with Crippen LogP contribution in [0.1, 0.15) is 16.7 Å². The Balaban J connectivity index is 2.25. The second-order valence-electron chi connectivity index (χ2n) is 4.94. The number of nitriles is 1. The van der Waals surface area contributed by atoms with Crippen molar-refractivity contribution >= 4 is 11.6 Å². The van der Waals surface area contributed by atoms with Gasteiger partial charge in [0.2, 0.25) is 0 Å². The van der Waals surface area contributed by atoms with Gasteiger partial charge >= 0.3 is 0 Å². The minimum atomic E-state index is 0.729. The highest BCUT2D eigenvalue weighted by Crippen LogP contribution is 2.39. The van der Waals surface area contributed by atoms with Gasteiger partial charge in [-0.05, 0) is 22.3 Å². The Kier molecular flexibility index (Phi) is 3.80. The van der Waals surface area contributed by atoms with E-state index in [2.05, 4.69) is 30.4 Å². The van der Waals surface area contributed by atoms with Crippen LogP contribution in [0.25, 0.3) is 11.6 Å². The van der Waals surface area contributed by atoms with Gasteiger partial charge in [0.1, 0.15) is 0 Å². The van der Waals surface area contributed by atoms with E-state index in [1.807, 2.05) is 54.6 Å². The van der Waals surface area contributed by atoms with Crippen LogP contribution in [0.5, 0.6) is 0 Å². The summed E-state index contributed by atoms with van der Waals surface area (Å²) in [5.74, 6) is 0. The van der Waals surface area contributed by atoms with E-state index in [4.69, 9.17) is 0 Å². The first-order valence-electron chi connectivity index (χ1n) is 7.00. The van der Waals surface area contributed by atoms with Gasteiger partial charge in [0, 0.05) is 12.0 Å². The fourth-order valence-corrected chi connectivity index (χ4v) is 2.64. The summed E-state index contributed by atoms with van der Waals surface area (Å²) in [5, 5.41) is 9.29. The zero-order chi connectivity index (χ0) is 14.5. The van der Waals surface area contributed by atoms with Crippen LogP contribution in [0, 0.1) is 11.3 Å². The molecule has 1 nitrogen and oxygen atoms in total. The molecule has 0 saturated heterocycles. The molecular weight excluding hydrogens is 254 g/mol. The fourth-order valence-electron chi connectivity index (χ4n) is 2.64. The lowest BCUT2D eigenvalue weighted by Crippen LogP contribution is -1.81. The Hall–Kier alpha value is -2.85. The first-order chi connectivity index (χ1) is 10.4. The molecule has 0 spiro atoms. The van der Waals surface area contributed by atoms with E-state index in [0.717, 1.165) is 17.6 Å². The Morgan fingerprint density at radius 1 is 0.762 bits per heavy atom. The molecule has 0 aromatic heterocycles. The smallest absolute Gasteiger partial charge is 0.0957 e. The summed E-state index contributed by atoms with van der Waals surface area (Å²) in [7, 11) is 0. The van der Waals surface area contributed by atoms with E-state index >= 15 is 0 Å². The largest absolute Gasteiger partial charge is 0.193 e. The second-order valence-corrected chi connectivity index (χ2v) is 4.94. The predicted octanol–water partition coefficient (Wildman–Crippen LogP) is 4.80. The Morgan fingerprint density at radius 3 is 2.05 bits per heavy atom. The zero-order valence-corrected chi connectivity index (χ0v) is 11.7. The van der Waals surface area contributed by atoms with Crippen LogP contribution in [0.2, 0.25) is 0 Å². The van der Waals surface area contributed by atoms with Gasteiger partial charge in [0.15, 0.2) is 0 Å². The van der Waals surface area contributed by atoms with Crippen LogP contribution >= 0.6 is 0 Å². The molecule has 0 fully saturated rings. The second kappa shape index (κ2) is 6.07. The molecule has 1 aromatic carbocycles. The Morgan fingerprint density at radius 2 is 1.38 bits per heavy atom. The molecule has 0 heterocycles. The van der Waals surface area contributed by atoms with E-state index in [1.54, 1.807) is 0 Å². The number of rotatable bonds is 0. The van der Waals surface area contributed by atoms with Gasteiger partial charge in [-0.1, -0.05) is 78.9 Å². The number of hydrogen-bond acceptors (Lipinski definition) is 1. The minimum absolute atomic E-state index is 0.729. The highest BCUT2D eigenvalue weighted by molar-refractivity contribution is 5.96. The van der Waals surface area contributed by atoms with Gasteiger partial charge in [0.25, 0.3) is 0 Å². The Bertz CT molecular complexity index is 789. The van der Waals surface area contributed by atoms with Crippen LogP contribution in [0.3, 0.4) is 0 Å². The van der Waals surface area contributed by atoms with E-state index in [0.29, 0.717) is 0 Å². The summed E-state index contributed by atoms with van der Waals surface area (Å²) in [5.41, 5.74) is 5.55. The standard InChI is InChI=1S/C20H15N/c21-15-18-14-17-11-9-7-5-3-1-2-4-6-8-10-16-12-13-19(18)20(16)17/h1-13H,14H2. The first-order valence-corrected chi connectivity index (χ1v) is 7.00. The summed E-state index contributed by atoms with van der Waals surface area (Å²) in [6.07, 6.45) is 4.87. The van der Waals surface area contributed by atoms with Gasteiger partial charge in [-0.25, -0.2) is 0 Å². The highest BCUT2D eigenvalue weighted by atomic mass is 14.3. The molecule has 2 aliphatic rings. The van der Waals surface area contributed by atoms with Crippen LogP contribution in [-0.2, 0) is 6.42 Å². The first kappa shape index (κ1) is 13.1. The minimum Gasteiger partial charge on any atom is -0.193 e. The van der Waals surface area contributed by atoms with Crippen LogP contribution < -0.4 is 0 Å². The SMILES string of the molecule is N#CC1=C2C=Cc3cccccccccccc(c32)C1. The molecule has 3 rings (SSSR count). The summed E-state index contributed by atoms with van der Waals surface area (Å²) < 4.78 is 0. The topological polar surface area (TPSA) is 23.8 Å². The third-order valence-corrected chi connectivity index (χ3v) is 3.60. The zero-order valence-electron chi connectivity index (χ0n) is 11.7. The molecular formula is C20H15N. The van der Waals surface area contributed by atoms with E-state index < -0.39 is 0 Å². The van der Waals surface area contributed by atoms with Crippen LogP contribution in [0.4, 0.5) is 0 Å².